The number of β-amino-alcohol motifs (C(OH)–C–C–N with tert-alkyl or cyclic N) is 1. The molecule has 9 nitrogen and oxygen atoms in total. The molecular formula is C28H27F3N6O3. The smallest absolute Gasteiger partial charge is 0.391 e. The van der Waals surface area contributed by atoms with E-state index in [9.17, 15) is 27.9 Å². The molecule has 5 rings (SSSR count). The Morgan fingerprint density at radius 1 is 1.07 bits per heavy atom. The van der Waals surface area contributed by atoms with Crippen LogP contribution in [0.5, 0.6) is 0 Å². The van der Waals surface area contributed by atoms with Crippen molar-refractivity contribution in [3.8, 4) is 22.4 Å². The minimum atomic E-state index is -4.50. The number of carbonyl (C=O) groups is 2. The summed E-state index contributed by atoms with van der Waals surface area (Å²) in [5.74, 6) is -0.325. The van der Waals surface area contributed by atoms with Crippen LogP contribution in [0.4, 0.5) is 23.7 Å². The number of nitrogens with zero attached hydrogens (tertiary/aromatic N) is 4. The van der Waals surface area contributed by atoms with Crippen LogP contribution in [0.3, 0.4) is 0 Å². The van der Waals surface area contributed by atoms with E-state index < -0.39 is 24.9 Å². The van der Waals surface area contributed by atoms with Crippen molar-refractivity contribution in [2.24, 2.45) is 0 Å². The third-order valence-corrected chi connectivity index (χ3v) is 6.82. The molecule has 3 N–H and O–H groups in total. The highest BCUT2D eigenvalue weighted by Gasteiger charge is 2.29. The lowest BCUT2D eigenvalue weighted by molar-refractivity contribution is -0.131. The number of fused-ring (bicyclic) bond motifs is 1. The van der Waals surface area contributed by atoms with E-state index >= 15 is 0 Å². The topological polar surface area (TPSA) is 112 Å². The molecule has 0 saturated carbocycles. The molecule has 2 unspecified atom stereocenters. The van der Waals surface area contributed by atoms with Gasteiger partial charge >= 0.3 is 12.2 Å². The molecule has 3 amide bonds. The maximum Gasteiger partial charge on any atom is 0.405 e. The number of aliphatic hydroxyl groups is 1. The SMILES string of the molecule is CC(C(=O)N1CCC(O)C1)c1ccc(-c2cnn3c(-c4cccc(NC(=O)NCC(F)(F)F)c4)cnc3c2)cc1. The van der Waals surface area contributed by atoms with Crippen LogP contribution in [0.15, 0.2) is 67.0 Å². The molecule has 0 bridgehead atoms. The van der Waals surface area contributed by atoms with Gasteiger partial charge in [-0.15, -0.1) is 0 Å². The second kappa shape index (κ2) is 11.0. The summed E-state index contributed by atoms with van der Waals surface area (Å²) in [6.07, 6.45) is -1.03. The van der Waals surface area contributed by atoms with E-state index in [4.69, 9.17) is 0 Å². The largest absolute Gasteiger partial charge is 0.405 e. The zero-order chi connectivity index (χ0) is 28.4. The second-order valence-electron chi connectivity index (χ2n) is 9.73. The Hall–Kier alpha value is -4.45. The lowest BCUT2D eigenvalue weighted by atomic mass is 9.97. The van der Waals surface area contributed by atoms with Gasteiger partial charge < -0.3 is 20.6 Å². The molecule has 2 atom stereocenters. The van der Waals surface area contributed by atoms with Crippen LogP contribution in [0.2, 0.25) is 0 Å². The summed E-state index contributed by atoms with van der Waals surface area (Å²) < 4.78 is 38.7. The number of aromatic nitrogens is 3. The van der Waals surface area contributed by atoms with Crippen LogP contribution in [-0.4, -0.2) is 68.5 Å². The van der Waals surface area contributed by atoms with E-state index in [1.54, 1.807) is 51.4 Å². The fraction of sp³-hybridized carbons (Fsp3) is 0.286. The first-order valence-corrected chi connectivity index (χ1v) is 12.7. The van der Waals surface area contributed by atoms with Gasteiger partial charge in [0.05, 0.1) is 30.1 Å². The number of imidazole rings is 1. The quantitative estimate of drug-likeness (QED) is 0.328. The number of benzene rings is 2. The van der Waals surface area contributed by atoms with Gasteiger partial charge in [0.15, 0.2) is 5.65 Å². The number of likely N-dealkylation sites (tertiary alicyclic amines) is 1. The van der Waals surface area contributed by atoms with Gasteiger partial charge in [0, 0.05) is 29.9 Å². The summed E-state index contributed by atoms with van der Waals surface area (Å²) in [5, 5.41) is 18.4. The Morgan fingerprint density at radius 2 is 1.85 bits per heavy atom. The lowest BCUT2D eigenvalue weighted by Crippen LogP contribution is -2.36. The minimum absolute atomic E-state index is 0.00138. The van der Waals surface area contributed by atoms with Gasteiger partial charge in [-0.25, -0.2) is 14.3 Å². The average Bonchev–Trinajstić information content (AvgIpc) is 3.57. The van der Waals surface area contributed by atoms with Crippen molar-refractivity contribution >= 4 is 23.3 Å². The maximum atomic E-state index is 12.8. The van der Waals surface area contributed by atoms with Crippen LogP contribution in [0.25, 0.3) is 28.0 Å². The molecule has 40 heavy (non-hydrogen) atoms. The first-order valence-electron chi connectivity index (χ1n) is 12.7. The van der Waals surface area contributed by atoms with Gasteiger partial charge in [0.1, 0.15) is 6.54 Å². The Kier molecular flexibility index (Phi) is 7.44. The average molecular weight is 553 g/mol. The van der Waals surface area contributed by atoms with Crippen LogP contribution in [0.1, 0.15) is 24.8 Å². The minimum Gasteiger partial charge on any atom is -0.391 e. The van der Waals surface area contributed by atoms with Crippen molar-refractivity contribution in [2.75, 3.05) is 25.0 Å². The summed E-state index contributed by atoms with van der Waals surface area (Å²) in [6, 6.07) is 15.2. The molecule has 1 aliphatic heterocycles. The number of anilines is 1. The zero-order valence-corrected chi connectivity index (χ0v) is 21.5. The van der Waals surface area contributed by atoms with Crippen molar-refractivity contribution < 1.29 is 27.9 Å². The summed E-state index contributed by atoms with van der Waals surface area (Å²) in [6.45, 7) is 1.37. The number of aliphatic hydroxyl groups excluding tert-OH is 1. The number of halogens is 3. The highest BCUT2D eigenvalue weighted by molar-refractivity contribution is 5.90. The highest BCUT2D eigenvalue weighted by Crippen LogP contribution is 2.28. The molecule has 2 aromatic carbocycles. The number of alkyl halides is 3. The van der Waals surface area contributed by atoms with E-state index in [0.717, 1.165) is 16.7 Å². The van der Waals surface area contributed by atoms with E-state index in [1.807, 2.05) is 37.3 Å². The van der Waals surface area contributed by atoms with Crippen LogP contribution < -0.4 is 10.6 Å². The molecular weight excluding hydrogens is 525 g/mol. The predicted molar refractivity (Wildman–Crippen MR) is 143 cm³/mol. The number of hydrogen-bond acceptors (Lipinski definition) is 5. The van der Waals surface area contributed by atoms with E-state index in [1.165, 1.54) is 0 Å². The standard InChI is InChI=1S/C28H27F3N6O3/c1-17(26(39)36-10-9-23(38)15-36)18-5-7-19(8-6-18)21-12-25-32-14-24(37(25)34-13-21)20-3-2-4-22(11-20)35-27(40)33-16-28(29,30)31/h2-8,11-14,17,23,38H,9-10,15-16H2,1H3,(H2,33,35,40). The Balaban J connectivity index is 1.30. The van der Waals surface area contributed by atoms with Crippen LogP contribution >= 0.6 is 0 Å². The molecule has 0 aliphatic carbocycles. The van der Waals surface area contributed by atoms with Crippen molar-refractivity contribution in [3.63, 3.8) is 0 Å². The van der Waals surface area contributed by atoms with Crippen molar-refractivity contribution in [3.05, 3.63) is 72.6 Å². The molecule has 12 heteroatoms. The van der Waals surface area contributed by atoms with Gasteiger partial charge in [-0.3, -0.25) is 4.79 Å². The van der Waals surface area contributed by atoms with Crippen molar-refractivity contribution in [1.29, 1.82) is 0 Å². The number of urea groups is 1. The van der Waals surface area contributed by atoms with Crippen molar-refractivity contribution in [2.45, 2.75) is 31.5 Å². The third-order valence-electron chi connectivity index (χ3n) is 6.82. The molecule has 1 aliphatic rings. The monoisotopic (exact) mass is 552 g/mol. The molecule has 4 aromatic rings. The molecule has 208 valence electrons. The maximum absolute atomic E-state index is 12.8. The second-order valence-corrected chi connectivity index (χ2v) is 9.73. The summed E-state index contributed by atoms with van der Waals surface area (Å²) in [5.41, 5.74) is 4.80. The van der Waals surface area contributed by atoms with Crippen LogP contribution in [-0.2, 0) is 4.79 Å². The predicted octanol–water partition coefficient (Wildman–Crippen LogP) is 4.44. The summed E-state index contributed by atoms with van der Waals surface area (Å²) in [4.78, 5) is 30.8. The number of hydrogen-bond donors (Lipinski definition) is 3. The molecule has 1 fully saturated rings. The van der Waals surface area contributed by atoms with E-state index in [2.05, 4.69) is 15.4 Å². The number of amides is 3. The Morgan fingerprint density at radius 3 is 2.55 bits per heavy atom. The number of nitrogens with one attached hydrogen (secondary N) is 2. The van der Waals surface area contributed by atoms with Crippen molar-refractivity contribution in [1.82, 2.24) is 24.8 Å². The third kappa shape index (κ3) is 6.07. The molecule has 3 heterocycles. The van der Waals surface area contributed by atoms with Gasteiger partial charge in [0.25, 0.3) is 0 Å². The fourth-order valence-corrected chi connectivity index (χ4v) is 4.67. The number of carbonyl (C=O) groups excluding carboxylic acids is 2. The molecule has 2 aromatic heterocycles. The Labute approximate surface area is 227 Å². The van der Waals surface area contributed by atoms with Crippen LogP contribution in [0, 0.1) is 0 Å². The summed E-state index contributed by atoms with van der Waals surface area (Å²) >= 11 is 0. The summed E-state index contributed by atoms with van der Waals surface area (Å²) in [7, 11) is 0. The normalized spacial score (nSPS) is 16.2. The van der Waals surface area contributed by atoms with Gasteiger partial charge in [-0.05, 0) is 42.7 Å². The van der Waals surface area contributed by atoms with Gasteiger partial charge in [-0.1, -0.05) is 36.4 Å². The molecule has 1 saturated heterocycles. The van der Waals surface area contributed by atoms with E-state index in [0.29, 0.717) is 42.1 Å². The zero-order valence-electron chi connectivity index (χ0n) is 21.5. The van der Waals surface area contributed by atoms with E-state index in [-0.39, 0.29) is 11.8 Å². The first kappa shape index (κ1) is 27.1. The number of rotatable bonds is 6. The van der Waals surface area contributed by atoms with Gasteiger partial charge in [0.2, 0.25) is 5.91 Å². The Bertz CT molecular complexity index is 1540. The van der Waals surface area contributed by atoms with Gasteiger partial charge in [-0.2, -0.15) is 18.3 Å². The first-order chi connectivity index (χ1) is 19.1. The lowest BCUT2D eigenvalue weighted by Gasteiger charge is -2.21. The molecule has 0 radical (unpaired) electrons. The fourth-order valence-electron chi connectivity index (χ4n) is 4.67. The molecule has 0 spiro atoms. The highest BCUT2D eigenvalue weighted by atomic mass is 19.4.